The quantitative estimate of drug-likeness (QED) is 0.783. The molecule has 1 aromatic heterocycles. The molecule has 0 bridgehead atoms. The van der Waals surface area contributed by atoms with Gasteiger partial charge >= 0.3 is 5.97 Å². The predicted molar refractivity (Wildman–Crippen MR) is 68.7 cm³/mol. The minimum Gasteiger partial charge on any atom is -0.479 e. The van der Waals surface area contributed by atoms with Gasteiger partial charge in [0.1, 0.15) is 0 Å². The number of carboxylic acid groups (broad SMARTS) is 1. The van der Waals surface area contributed by atoms with Crippen LogP contribution >= 0.6 is 11.3 Å². The second kappa shape index (κ2) is 6.51. The van der Waals surface area contributed by atoms with E-state index in [0.29, 0.717) is 6.42 Å². The molecule has 0 spiro atoms. The van der Waals surface area contributed by atoms with Gasteiger partial charge in [0.25, 0.3) is 0 Å². The van der Waals surface area contributed by atoms with Crippen LogP contribution in [-0.2, 0) is 20.7 Å². The summed E-state index contributed by atoms with van der Waals surface area (Å²) in [6.07, 6.45) is 0.876. The van der Waals surface area contributed by atoms with E-state index in [2.05, 4.69) is 5.32 Å². The van der Waals surface area contributed by atoms with Crippen LogP contribution in [-0.4, -0.2) is 36.2 Å². The van der Waals surface area contributed by atoms with E-state index in [0.717, 1.165) is 5.56 Å². The zero-order valence-electron chi connectivity index (χ0n) is 10.4. The van der Waals surface area contributed by atoms with Crippen LogP contribution in [0.25, 0.3) is 0 Å². The maximum Gasteiger partial charge on any atom is 0.331 e. The zero-order valence-corrected chi connectivity index (χ0v) is 11.3. The van der Waals surface area contributed by atoms with Crippen molar-refractivity contribution in [1.82, 2.24) is 5.32 Å². The third kappa shape index (κ3) is 4.12. The van der Waals surface area contributed by atoms with Crippen LogP contribution in [0.4, 0.5) is 0 Å². The van der Waals surface area contributed by atoms with Gasteiger partial charge in [-0.15, -0.1) is 0 Å². The number of carbonyl (C=O) groups excluding carboxylic acids is 1. The molecular weight excluding hydrogens is 254 g/mol. The lowest BCUT2D eigenvalue weighted by Gasteiger charge is -2.25. The summed E-state index contributed by atoms with van der Waals surface area (Å²) in [5, 5.41) is 15.5. The number of hydrogen-bond acceptors (Lipinski definition) is 4. The number of rotatable bonds is 7. The van der Waals surface area contributed by atoms with Gasteiger partial charge in [0, 0.05) is 13.5 Å². The monoisotopic (exact) mass is 271 g/mol. The lowest BCUT2D eigenvalue weighted by molar-refractivity contribution is -0.149. The fourth-order valence-electron chi connectivity index (χ4n) is 1.50. The summed E-state index contributed by atoms with van der Waals surface area (Å²) < 4.78 is 4.83. The Kier molecular flexibility index (Phi) is 5.30. The molecule has 0 saturated heterocycles. The molecule has 6 heteroatoms. The summed E-state index contributed by atoms with van der Waals surface area (Å²) in [5.41, 5.74) is -0.292. The van der Waals surface area contributed by atoms with Crippen LogP contribution < -0.4 is 5.32 Å². The second-order valence-electron chi connectivity index (χ2n) is 4.25. The molecule has 0 fully saturated rings. The highest BCUT2D eigenvalue weighted by Gasteiger charge is 2.34. The number of nitrogens with one attached hydrogen (secondary N) is 1. The van der Waals surface area contributed by atoms with E-state index in [1.165, 1.54) is 14.0 Å². The highest BCUT2D eigenvalue weighted by molar-refractivity contribution is 7.07. The number of hydrogen-bond donors (Lipinski definition) is 2. The van der Waals surface area contributed by atoms with Gasteiger partial charge in [-0.25, -0.2) is 4.79 Å². The van der Waals surface area contributed by atoms with Crippen molar-refractivity contribution in [2.24, 2.45) is 0 Å². The summed E-state index contributed by atoms with van der Waals surface area (Å²) >= 11 is 1.57. The average molecular weight is 271 g/mol. The minimum absolute atomic E-state index is 0.0630. The first-order chi connectivity index (χ1) is 8.48. The van der Waals surface area contributed by atoms with Crippen molar-refractivity contribution in [2.45, 2.75) is 25.3 Å². The Labute approximate surface area is 110 Å². The molecule has 1 rings (SSSR count). The Morgan fingerprint density at radius 3 is 2.78 bits per heavy atom. The SMILES string of the molecule is COCC(C)(NC(=O)CCc1ccsc1)C(=O)O. The summed E-state index contributed by atoms with van der Waals surface area (Å²) in [5.74, 6) is -1.39. The maximum absolute atomic E-state index is 11.7. The Balaban J connectivity index is 2.49. The van der Waals surface area contributed by atoms with Gasteiger partial charge in [-0.1, -0.05) is 0 Å². The number of thiophene rings is 1. The first kappa shape index (κ1) is 14.7. The highest BCUT2D eigenvalue weighted by Crippen LogP contribution is 2.10. The molecule has 1 unspecified atom stereocenters. The Bertz CT molecular complexity index is 404. The van der Waals surface area contributed by atoms with Gasteiger partial charge in [-0.2, -0.15) is 11.3 Å². The molecule has 0 saturated carbocycles. The molecule has 1 heterocycles. The van der Waals surface area contributed by atoms with Gasteiger partial charge in [-0.05, 0) is 35.7 Å². The van der Waals surface area contributed by atoms with E-state index in [1.54, 1.807) is 11.3 Å². The molecule has 0 aliphatic heterocycles. The number of carboxylic acids is 1. The molecule has 0 aliphatic carbocycles. The standard InChI is InChI=1S/C12H17NO4S/c1-12(8-17-2,11(15)16)13-10(14)4-3-9-5-6-18-7-9/h5-7H,3-4,8H2,1-2H3,(H,13,14)(H,15,16). The average Bonchev–Trinajstić information content (AvgIpc) is 2.79. The maximum atomic E-state index is 11.7. The van der Waals surface area contributed by atoms with E-state index < -0.39 is 11.5 Å². The van der Waals surface area contributed by atoms with E-state index >= 15 is 0 Å². The smallest absolute Gasteiger partial charge is 0.331 e. The summed E-state index contributed by atoms with van der Waals surface area (Å²) in [4.78, 5) is 22.8. The van der Waals surface area contributed by atoms with Crippen molar-refractivity contribution in [1.29, 1.82) is 0 Å². The van der Waals surface area contributed by atoms with Crippen LogP contribution in [0.5, 0.6) is 0 Å². The highest BCUT2D eigenvalue weighted by atomic mass is 32.1. The first-order valence-electron chi connectivity index (χ1n) is 5.52. The van der Waals surface area contributed by atoms with Gasteiger partial charge in [0.05, 0.1) is 6.61 Å². The van der Waals surface area contributed by atoms with Crippen molar-refractivity contribution in [3.63, 3.8) is 0 Å². The third-order valence-corrected chi connectivity index (χ3v) is 3.27. The molecule has 2 N–H and O–H groups in total. The normalized spacial score (nSPS) is 13.9. The largest absolute Gasteiger partial charge is 0.479 e. The summed E-state index contributed by atoms with van der Waals surface area (Å²) in [6.45, 7) is 1.37. The Morgan fingerprint density at radius 1 is 1.56 bits per heavy atom. The van der Waals surface area contributed by atoms with Gasteiger partial charge in [0.2, 0.25) is 5.91 Å². The topological polar surface area (TPSA) is 75.6 Å². The molecule has 100 valence electrons. The van der Waals surface area contributed by atoms with Crippen molar-refractivity contribution >= 4 is 23.2 Å². The van der Waals surface area contributed by atoms with Crippen LogP contribution in [0, 0.1) is 0 Å². The summed E-state index contributed by atoms with van der Waals surface area (Å²) in [7, 11) is 1.40. The molecule has 5 nitrogen and oxygen atoms in total. The Morgan fingerprint density at radius 2 is 2.28 bits per heavy atom. The van der Waals surface area contributed by atoms with Gasteiger partial charge in [0.15, 0.2) is 5.54 Å². The molecule has 1 atom stereocenters. The third-order valence-electron chi connectivity index (χ3n) is 2.54. The van der Waals surface area contributed by atoms with Crippen LogP contribution in [0.3, 0.4) is 0 Å². The number of ether oxygens (including phenoxy) is 1. The molecule has 1 aromatic rings. The molecule has 1 amide bonds. The molecule has 0 aromatic carbocycles. The van der Waals surface area contributed by atoms with Crippen molar-refractivity contribution in [2.75, 3.05) is 13.7 Å². The van der Waals surface area contributed by atoms with Gasteiger partial charge < -0.3 is 15.2 Å². The van der Waals surface area contributed by atoms with Crippen LogP contribution in [0.2, 0.25) is 0 Å². The first-order valence-corrected chi connectivity index (χ1v) is 6.46. The van der Waals surface area contributed by atoms with E-state index in [-0.39, 0.29) is 18.9 Å². The lowest BCUT2D eigenvalue weighted by Crippen LogP contribution is -2.55. The van der Waals surface area contributed by atoms with E-state index in [4.69, 9.17) is 9.84 Å². The number of amides is 1. The number of methoxy groups -OCH3 is 1. The number of carbonyl (C=O) groups is 2. The van der Waals surface area contributed by atoms with Crippen molar-refractivity contribution in [3.05, 3.63) is 22.4 Å². The van der Waals surface area contributed by atoms with E-state index in [1.807, 2.05) is 16.8 Å². The lowest BCUT2D eigenvalue weighted by atomic mass is 10.0. The second-order valence-corrected chi connectivity index (χ2v) is 5.03. The molecule has 0 radical (unpaired) electrons. The minimum atomic E-state index is -1.37. The van der Waals surface area contributed by atoms with E-state index in [9.17, 15) is 9.59 Å². The Hall–Kier alpha value is -1.40. The predicted octanol–water partition coefficient (Wildman–Crippen LogP) is 1.29. The zero-order chi connectivity index (χ0) is 13.6. The van der Waals surface area contributed by atoms with Crippen molar-refractivity contribution in [3.8, 4) is 0 Å². The summed E-state index contributed by atoms with van der Waals surface area (Å²) in [6, 6.07) is 1.95. The van der Waals surface area contributed by atoms with Crippen LogP contribution in [0.1, 0.15) is 18.9 Å². The fourth-order valence-corrected chi connectivity index (χ4v) is 2.21. The van der Waals surface area contributed by atoms with Crippen molar-refractivity contribution < 1.29 is 19.4 Å². The number of aliphatic carboxylic acids is 1. The molecule has 0 aliphatic rings. The van der Waals surface area contributed by atoms with Gasteiger partial charge in [-0.3, -0.25) is 4.79 Å². The molecular formula is C12H17NO4S. The molecule has 18 heavy (non-hydrogen) atoms. The fraction of sp³-hybridized carbons (Fsp3) is 0.500. The van der Waals surface area contributed by atoms with Crippen LogP contribution in [0.15, 0.2) is 16.8 Å². The number of aryl methyl sites for hydroxylation is 1.